The predicted molar refractivity (Wildman–Crippen MR) is 227 cm³/mol. The number of carbonyl (C=O) groups excluding carboxylic acids is 1. The van der Waals surface area contributed by atoms with Crippen molar-refractivity contribution in [3.8, 4) is 5.75 Å². The van der Waals surface area contributed by atoms with Crippen LogP contribution in [0.3, 0.4) is 0 Å². The molecule has 2 aliphatic rings. The molecule has 318 valence electrons. The Morgan fingerprint density at radius 1 is 0.847 bits per heavy atom. The fourth-order valence-electron chi connectivity index (χ4n) is 8.35. The van der Waals surface area contributed by atoms with Gasteiger partial charge in [-0.25, -0.2) is 8.42 Å². The first-order valence-corrected chi connectivity index (χ1v) is 23.9. The summed E-state index contributed by atoms with van der Waals surface area (Å²) in [6.07, 6.45) is -3.63. The molecule has 0 bridgehead atoms. The minimum Gasteiger partial charge on any atom is -0.534 e. The fraction of sp³-hybridized carbons (Fsp3) is 0.444. The average Bonchev–Trinajstić information content (AvgIpc) is 3.19. The van der Waals surface area contributed by atoms with Gasteiger partial charge in [0.2, 0.25) is 0 Å². The standard InChI is InChI=1S/C45H56F3N3O6SSi/c1-33-17-18-34(26-42(33)57-59(44(2,3)4,40-13-9-7-10-14-40)41-15-11-8-12-16-41)25-37-30-49(19-20-50-23-24-56-38(31-50)32-55-5)21-22-51(37)43(52)35-27-36(45(46,47)48)29-39(28-35)58(6,53)54/h7-18,26-29,37-38H,19-25,30-32H2,1-6H3. The van der Waals surface area contributed by atoms with Gasteiger partial charge in [-0.2, -0.15) is 13.2 Å². The van der Waals surface area contributed by atoms with Crippen molar-refractivity contribution in [2.45, 2.75) is 62.4 Å². The highest BCUT2D eigenvalue weighted by atomic mass is 32.2. The van der Waals surface area contributed by atoms with Crippen molar-refractivity contribution < 1.29 is 40.3 Å². The highest BCUT2D eigenvalue weighted by Crippen LogP contribution is 2.39. The molecule has 4 aromatic carbocycles. The van der Waals surface area contributed by atoms with Crippen molar-refractivity contribution in [3.63, 3.8) is 0 Å². The predicted octanol–water partition coefficient (Wildman–Crippen LogP) is 6.07. The van der Waals surface area contributed by atoms with Crippen LogP contribution in [0.15, 0.2) is 102 Å². The Kier molecular flexibility index (Phi) is 13.8. The third-order valence-corrected chi connectivity index (χ3v) is 17.5. The summed E-state index contributed by atoms with van der Waals surface area (Å²) in [6.45, 7) is 14.0. The monoisotopic (exact) mass is 851 g/mol. The van der Waals surface area contributed by atoms with Gasteiger partial charge in [-0.1, -0.05) is 93.6 Å². The molecule has 2 saturated heterocycles. The Morgan fingerprint density at radius 2 is 1.47 bits per heavy atom. The number of benzene rings is 4. The fourth-order valence-corrected chi connectivity index (χ4v) is 13.5. The molecular formula is C45H56F3N3O6SSi. The van der Waals surface area contributed by atoms with Crippen molar-refractivity contribution in [1.82, 2.24) is 14.7 Å². The number of nitrogens with zero attached hydrogens (tertiary/aromatic N) is 3. The van der Waals surface area contributed by atoms with Gasteiger partial charge in [0, 0.05) is 70.8 Å². The zero-order chi connectivity index (χ0) is 42.6. The number of aryl methyl sites for hydroxylation is 1. The van der Waals surface area contributed by atoms with E-state index in [4.69, 9.17) is 13.9 Å². The van der Waals surface area contributed by atoms with Gasteiger partial charge < -0.3 is 18.8 Å². The van der Waals surface area contributed by atoms with Gasteiger partial charge in [-0.15, -0.1) is 0 Å². The van der Waals surface area contributed by atoms with Crippen molar-refractivity contribution in [1.29, 1.82) is 0 Å². The molecule has 9 nitrogen and oxygen atoms in total. The topological polar surface area (TPSA) is 88.6 Å². The normalized spacial score (nSPS) is 18.8. The number of carbonyl (C=O) groups is 1. The van der Waals surface area contributed by atoms with Crippen LogP contribution in [0.5, 0.6) is 5.75 Å². The second-order valence-corrected chi connectivity index (χ2v) is 23.0. The summed E-state index contributed by atoms with van der Waals surface area (Å²) in [7, 11) is -5.40. The smallest absolute Gasteiger partial charge is 0.416 e. The second kappa shape index (κ2) is 18.3. The lowest BCUT2D eigenvalue weighted by Crippen LogP contribution is -2.68. The Bertz CT molecular complexity index is 2130. The second-order valence-electron chi connectivity index (χ2n) is 16.8. The Morgan fingerprint density at radius 3 is 2.05 bits per heavy atom. The number of halogens is 3. The Labute approximate surface area is 348 Å². The van der Waals surface area contributed by atoms with Crippen LogP contribution >= 0.6 is 0 Å². The average molecular weight is 852 g/mol. The molecule has 4 aromatic rings. The van der Waals surface area contributed by atoms with Crippen LogP contribution in [0.2, 0.25) is 5.04 Å². The Balaban J connectivity index is 1.35. The summed E-state index contributed by atoms with van der Waals surface area (Å²) in [4.78, 5) is 20.1. The lowest BCUT2D eigenvalue weighted by Gasteiger charge is -2.44. The minimum absolute atomic E-state index is 0.0120. The summed E-state index contributed by atoms with van der Waals surface area (Å²) in [5, 5.41) is 1.98. The molecule has 0 radical (unpaired) electrons. The summed E-state index contributed by atoms with van der Waals surface area (Å²) in [6, 6.07) is 28.8. The van der Waals surface area contributed by atoms with Crippen LogP contribution in [-0.2, 0) is 31.9 Å². The van der Waals surface area contributed by atoms with E-state index in [1.54, 1.807) is 12.0 Å². The molecule has 0 aromatic heterocycles. The van der Waals surface area contributed by atoms with Gasteiger partial charge in [0.15, 0.2) is 9.84 Å². The minimum atomic E-state index is -4.85. The van der Waals surface area contributed by atoms with Gasteiger partial charge in [-0.05, 0) is 64.1 Å². The highest BCUT2D eigenvalue weighted by molar-refractivity contribution is 7.90. The molecule has 0 N–H and O–H groups in total. The molecule has 0 spiro atoms. The van der Waals surface area contributed by atoms with Gasteiger partial charge in [0.1, 0.15) is 5.75 Å². The number of morpholine rings is 1. The third-order valence-electron chi connectivity index (χ3n) is 11.4. The van der Waals surface area contributed by atoms with E-state index in [0.717, 1.165) is 71.8 Å². The SMILES string of the molecule is COCC1CN(CCN2CCN(C(=O)c3cc(C(F)(F)F)cc(S(C)(=O)=O)c3)C(Cc3ccc(C)c(O[Si](c4ccccc4)(c4ccccc4)C(C)(C)C)c3)C2)CCO1. The molecule has 14 heteroatoms. The summed E-state index contributed by atoms with van der Waals surface area (Å²) < 4.78 is 86.0. The lowest BCUT2D eigenvalue weighted by atomic mass is 9.99. The third kappa shape index (κ3) is 10.5. The van der Waals surface area contributed by atoms with Crippen molar-refractivity contribution in [2.24, 2.45) is 0 Å². The van der Waals surface area contributed by atoms with Gasteiger partial charge >= 0.3 is 14.5 Å². The van der Waals surface area contributed by atoms with E-state index in [2.05, 4.69) is 54.8 Å². The number of sulfone groups is 1. The van der Waals surface area contributed by atoms with E-state index < -0.39 is 46.7 Å². The van der Waals surface area contributed by atoms with E-state index in [9.17, 15) is 26.4 Å². The summed E-state index contributed by atoms with van der Waals surface area (Å²) >= 11 is 0. The number of methoxy groups -OCH3 is 1. The first-order chi connectivity index (χ1) is 27.9. The number of hydrogen-bond donors (Lipinski definition) is 0. The zero-order valence-corrected chi connectivity index (χ0v) is 36.6. The number of hydrogen-bond acceptors (Lipinski definition) is 8. The van der Waals surface area contributed by atoms with Crippen molar-refractivity contribution >= 4 is 34.4 Å². The molecule has 2 aliphatic heterocycles. The van der Waals surface area contributed by atoms with Crippen LogP contribution in [0.25, 0.3) is 0 Å². The molecule has 59 heavy (non-hydrogen) atoms. The molecule has 2 atom stereocenters. The number of piperazine rings is 1. The number of alkyl halides is 3. The maximum absolute atomic E-state index is 14.4. The first-order valence-electron chi connectivity index (χ1n) is 20.1. The van der Waals surface area contributed by atoms with E-state index in [0.29, 0.717) is 38.8 Å². The summed E-state index contributed by atoms with van der Waals surface area (Å²) in [5.41, 5.74) is 0.370. The maximum atomic E-state index is 14.4. The molecule has 1 amide bonds. The van der Waals surface area contributed by atoms with Crippen LogP contribution in [0.1, 0.15) is 47.8 Å². The molecule has 2 unspecified atom stereocenters. The van der Waals surface area contributed by atoms with Gasteiger partial charge in [-0.3, -0.25) is 14.6 Å². The highest BCUT2D eigenvalue weighted by Gasteiger charge is 2.52. The van der Waals surface area contributed by atoms with E-state index in [-0.39, 0.29) is 23.3 Å². The van der Waals surface area contributed by atoms with Crippen LogP contribution in [0.4, 0.5) is 13.2 Å². The molecule has 0 saturated carbocycles. The number of ether oxygens (including phenoxy) is 2. The largest absolute Gasteiger partial charge is 0.534 e. The first kappa shape index (κ1) is 44.5. The molecule has 6 rings (SSSR count). The van der Waals surface area contributed by atoms with E-state index in [1.165, 1.54) is 0 Å². The van der Waals surface area contributed by atoms with Crippen LogP contribution < -0.4 is 14.8 Å². The molecular weight excluding hydrogens is 796 g/mol. The number of amides is 1. The number of rotatable bonds is 13. The molecule has 0 aliphatic carbocycles. The van der Waals surface area contributed by atoms with Gasteiger partial charge in [0.05, 0.1) is 29.8 Å². The quantitative estimate of drug-likeness (QED) is 0.150. The van der Waals surface area contributed by atoms with Crippen molar-refractivity contribution in [2.75, 3.05) is 72.4 Å². The maximum Gasteiger partial charge on any atom is 0.416 e. The molecule has 2 fully saturated rings. The van der Waals surface area contributed by atoms with E-state index in [1.807, 2.05) is 61.5 Å². The zero-order valence-electron chi connectivity index (χ0n) is 34.8. The summed E-state index contributed by atoms with van der Waals surface area (Å²) in [5.74, 6) is 0.0908. The van der Waals surface area contributed by atoms with E-state index >= 15 is 0 Å². The lowest BCUT2D eigenvalue weighted by molar-refractivity contribution is -0.137. The Hall–Kier alpha value is -4.05. The van der Waals surface area contributed by atoms with Crippen LogP contribution in [0, 0.1) is 6.92 Å². The van der Waals surface area contributed by atoms with Crippen molar-refractivity contribution in [3.05, 3.63) is 119 Å². The van der Waals surface area contributed by atoms with Gasteiger partial charge in [0.25, 0.3) is 5.91 Å². The van der Waals surface area contributed by atoms with Crippen LogP contribution in [-0.4, -0.2) is 122 Å². The molecule has 2 heterocycles.